The van der Waals surface area contributed by atoms with Gasteiger partial charge in [0.2, 0.25) is 11.8 Å². The molecule has 3 fully saturated rings. The van der Waals surface area contributed by atoms with Gasteiger partial charge in [-0.1, -0.05) is 11.6 Å². The number of amides is 2. The fourth-order valence-corrected chi connectivity index (χ4v) is 7.06. The molecule has 2 amide bonds. The Bertz CT molecular complexity index is 1570. The van der Waals surface area contributed by atoms with Gasteiger partial charge >= 0.3 is 0 Å². The van der Waals surface area contributed by atoms with Gasteiger partial charge in [-0.15, -0.1) is 11.3 Å². The van der Waals surface area contributed by atoms with Crippen LogP contribution in [0.3, 0.4) is 0 Å². The molecule has 5 heterocycles. The van der Waals surface area contributed by atoms with Gasteiger partial charge in [-0.05, 0) is 48.5 Å². The van der Waals surface area contributed by atoms with Crippen LogP contribution in [0.25, 0.3) is 21.2 Å². The molecule has 3 aliphatic rings. The van der Waals surface area contributed by atoms with Crippen molar-refractivity contribution in [3.05, 3.63) is 46.9 Å². The zero-order valence-corrected chi connectivity index (χ0v) is 20.6. The van der Waals surface area contributed by atoms with Gasteiger partial charge in [-0.2, -0.15) is 0 Å². The van der Waals surface area contributed by atoms with Gasteiger partial charge in [-0.3, -0.25) is 9.59 Å². The van der Waals surface area contributed by atoms with Crippen molar-refractivity contribution < 1.29 is 28.7 Å². The lowest BCUT2D eigenvalue weighted by Crippen LogP contribution is -2.49. The molecular weight excluding hydrogens is 506 g/mol. The van der Waals surface area contributed by atoms with Gasteiger partial charge in [0, 0.05) is 17.9 Å². The van der Waals surface area contributed by atoms with E-state index in [2.05, 4.69) is 10.1 Å². The van der Waals surface area contributed by atoms with E-state index < -0.39 is 29.1 Å². The van der Waals surface area contributed by atoms with Gasteiger partial charge in [0.15, 0.2) is 5.58 Å². The highest BCUT2D eigenvalue weighted by Crippen LogP contribution is 2.62. The fourth-order valence-electron chi connectivity index (χ4n) is 6.17. The second-order valence-electron chi connectivity index (χ2n) is 9.77. The van der Waals surface area contributed by atoms with Crippen LogP contribution in [-0.2, 0) is 14.3 Å². The zero-order chi connectivity index (χ0) is 24.8. The Kier molecular flexibility index (Phi) is 4.61. The molecule has 2 bridgehead atoms. The highest BCUT2D eigenvalue weighted by Gasteiger charge is 2.77. The van der Waals surface area contributed by atoms with E-state index in [4.69, 9.17) is 25.6 Å². The first-order chi connectivity index (χ1) is 17.3. The number of carbonyl (C=O) groups excluding carboxylic acids is 2. The van der Waals surface area contributed by atoms with Crippen LogP contribution >= 0.6 is 22.9 Å². The average molecular weight is 526 g/mol. The summed E-state index contributed by atoms with van der Waals surface area (Å²) in [6, 6.07) is 10.5. The number of benzene rings is 2. The number of halogens is 1. The molecule has 5 atom stereocenters. The summed E-state index contributed by atoms with van der Waals surface area (Å²) in [4.78, 5) is 32.9. The van der Waals surface area contributed by atoms with E-state index >= 15 is 0 Å². The number of thiazole rings is 1. The van der Waals surface area contributed by atoms with Crippen LogP contribution in [0.15, 0.2) is 46.4 Å². The van der Waals surface area contributed by atoms with Gasteiger partial charge in [0.1, 0.15) is 5.60 Å². The van der Waals surface area contributed by atoms with E-state index in [1.165, 1.54) is 16.2 Å². The van der Waals surface area contributed by atoms with Crippen molar-refractivity contribution in [2.24, 2.45) is 11.8 Å². The van der Waals surface area contributed by atoms with Crippen LogP contribution in [0.1, 0.15) is 19.8 Å². The van der Waals surface area contributed by atoms with Gasteiger partial charge < -0.3 is 19.1 Å². The van der Waals surface area contributed by atoms with E-state index in [1.54, 1.807) is 42.8 Å². The SMILES string of the molecule is C[C@@]12O[C@@](CCOc3noc4ccc(Cl)cc34)(C[C@H]1O)[C@@H]1C(=O)N(c3ccc4ncsc4c3)C(=O)[C@@H]12. The Morgan fingerprint density at radius 3 is 2.92 bits per heavy atom. The van der Waals surface area contributed by atoms with E-state index in [9.17, 15) is 14.7 Å². The van der Waals surface area contributed by atoms with Crippen LogP contribution in [0.5, 0.6) is 5.88 Å². The van der Waals surface area contributed by atoms with E-state index in [0.717, 1.165) is 10.2 Å². The second kappa shape index (κ2) is 7.48. The van der Waals surface area contributed by atoms with Crippen molar-refractivity contribution in [1.82, 2.24) is 10.1 Å². The number of anilines is 1. The minimum Gasteiger partial charge on any atom is -0.475 e. The number of aliphatic hydroxyl groups is 1. The molecule has 9 nitrogen and oxygen atoms in total. The molecule has 3 saturated heterocycles. The van der Waals surface area contributed by atoms with Crippen LogP contribution < -0.4 is 9.64 Å². The molecule has 0 saturated carbocycles. The predicted octanol–water partition coefficient (Wildman–Crippen LogP) is 3.96. The molecule has 3 aliphatic heterocycles. The smallest absolute Gasteiger partial charge is 0.262 e. The molecule has 0 radical (unpaired) electrons. The summed E-state index contributed by atoms with van der Waals surface area (Å²) in [7, 11) is 0. The Morgan fingerprint density at radius 1 is 1.22 bits per heavy atom. The van der Waals surface area contributed by atoms with Crippen molar-refractivity contribution >= 4 is 61.6 Å². The molecule has 1 N–H and O–H groups in total. The lowest BCUT2D eigenvalue weighted by Gasteiger charge is -2.33. The molecule has 11 heteroatoms. The van der Waals surface area contributed by atoms with Crippen molar-refractivity contribution in [2.75, 3.05) is 11.5 Å². The maximum Gasteiger partial charge on any atom is 0.262 e. The fraction of sp³-hybridized carbons (Fsp3) is 0.360. The summed E-state index contributed by atoms with van der Waals surface area (Å²) in [6.45, 7) is 1.87. The van der Waals surface area contributed by atoms with Crippen molar-refractivity contribution in [3.63, 3.8) is 0 Å². The molecule has 2 aromatic heterocycles. The summed E-state index contributed by atoms with van der Waals surface area (Å²) < 4.78 is 18.5. The van der Waals surface area contributed by atoms with Crippen molar-refractivity contribution in [2.45, 2.75) is 37.1 Å². The third-order valence-corrected chi connectivity index (χ3v) is 8.88. The number of imide groups is 1. The first-order valence-corrected chi connectivity index (χ1v) is 12.8. The Hall–Kier alpha value is -3.05. The summed E-state index contributed by atoms with van der Waals surface area (Å²) in [5, 5.41) is 16.1. The van der Waals surface area contributed by atoms with Crippen molar-refractivity contribution in [1.29, 1.82) is 0 Å². The monoisotopic (exact) mass is 525 g/mol. The second-order valence-corrected chi connectivity index (χ2v) is 11.1. The number of nitrogens with zero attached hydrogens (tertiary/aromatic N) is 3. The van der Waals surface area contributed by atoms with Crippen molar-refractivity contribution in [3.8, 4) is 5.88 Å². The highest BCUT2D eigenvalue weighted by atomic mass is 35.5. The number of aliphatic hydroxyl groups excluding tert-OH is 1. The molecule has 36 heavy (non-hydrogen) atoms. The van der Waals surface area contributed by atoms with Gasteiger partial charge in [0.25, 0.3) is 5.88 Å². The van der Waals surface area contributed by atoms with Gasteiger partial charge in [-0.25, -0.2) is 9.88 Å². The highest BCUT2D eigenvalue weighted by molar-refractivity contribution is 7.16. The standard InChI is InChI=1S/C25H20ClN3O6S/c1-24-18(30)10-25(35-24,6-7-33-21-14-8-12(26)2-5-16(14)34-28-21)20-19(24)22(31)29(23(20)32)13-3-4-15-17(9-13)36-11-27-15/h2-5,8-9,11,18-20,30H,6-7,10H2,1H3/t18-,19-,20+,24-,25+/m1/s1. The normalized spacial score (nSPS) is 31.2. The van der Waals surface area contributed by atoms with E-state index in [-0.39, 0.29) is 37.1 Å². The minimum absolute atomic E-state index is 0.147. The first kappa shape index (κ1) is 22.2. The number of hydrogen-bond acceptors (Lipinski definition) is 9. The van der Waals surface area contributed by atoms with Crippen LogP contribution in [0.2, 0.25) is 5.02 Å². The van der Waals surface area contributed by atoms with Crippen LogP contribution in [-0.4, -0.2) is 51.0 Å². The molecule has 0 unspecified atom stereocenters. The summed E-state index contributed by atoms with van der Waals surface area (Å²) in [5.41, 5.74) is 1.39. The molecule has 0 aliphatic carbocycles. The van der Waals surface area contributed by atoms with Gasteiger partial charge in [0.05, 0.1) is 56.9 Å². The number of hydrogen-bond donors (Lipinski definition) is 1. The third kappa shape index (κ3) is 2.89. The topological polar surface area (TPSA) is 115 Å². The first-order valence-electron chi connectivity index (χ1n) is 11.6. The molecule has 0 spiro atoms. The lowest BCUT2D eigenvalue weighted by molar-refractivity contribution is -0.134. The number of ether oxygens (including phenoxy) is 2. The average Bonchev–Trinajstić information content (AvgIpc) is 3.62. The quantitative estimate of drug-likeness (QED) is 0.389. The number of carbonyl (C=O) groups is 2. The summed E-state index contributed by atoms with van der Waals surface area (Å²) >= 11 is 7.54. The zero-order valence-electron chi connectivity index (χ0n) is 19.0. The molecular formula is C25H20ClN3O6S. The lowest BCUT2D eigenvalue weighted by atomic mass is 9.66. The summed E-state index contributed by atoms with van der Waals surface area (Å²) in [6.07, 6.45) is -0.359. The van der Waals surface area contributed by atoms with E-state index in [1.807, 2.05) is 6.07 Å². The maximum absolute atomic E-state index is 13.8. The molecule has 2 aromatic carbocycles. The van der Waals surface area contributed by atoms with E-state index in [0.29, 0.717) is 21.7 Å². The number of rotatable bonds is 5. The minimum atomic E-state index is -1.16. The van der Waals surface area contributed by atoms with Crippen LogP contribution in [0.4, 0.5) is 5.69 Å². The Morgan fingerprint density at radius 2 is 2.06 bits per heavy atom. The molecule has 7 rings (SSSR count). The predicted molar refractivity (Wildman–Crippen MR) is 131 cm³/mol. The maximum atomic E-state index is 13.8. The summed E-state index contributed by atoms with van der Waals surface area (Å²) in [5.74, 6) is -1.88. The number of fused-ring (bicyclic) bond motifs is 7. The van der Waals surface area contributed by atoms with Crippen LogP contribution in [0, 0.1) is 11.8 Å². The largest absolute Gasteiger partial charge is 0.475 e. The molecule has 184 valence electrons. The molecule has 4 aromatic rings. The Balaban J connectivity index is 1.19. The third-order valence-electron chi connectivity index (χ3n) is 7.85. The number of aromatic nitrogens is 2. The Labute approximate surface area is 213 Å².